The Hall–Kier alpha value is -2.13. The van der Waals surface area contributed by atoms with Gasteiger partial charge in [0.25, 0.3) is 0 Å². The number of halogens is 3. The average molecular weight is 360 g/mol. The number of carbonyl (C=O) groups is 2. The van der Waals surface area contributed by atoms with E-state index < -0.39 is 29.5 Å². The summed E-state index contributed by atoms with van der Waals surface area (Å²) in [5, 5.41) is 11.6. The summed E-state index contributed by atoms with van der Waals surface area (Å²) in [6.45, 7) is 2.36. The highest BCUT2D eigenvalue weighted by Crippen LogP contribution is 2.30. The number of anilines is 1. The number of hydrogen-bond donors (Lipinski definition) is 2. The molecule has 2 rings (SSSR count). The summed E-state index contributed by atoms with van der Waals surface area (Å²) in [7, 11) is 0. The summed E-state index contributed by atoms with van der Waals surface area (Å²) in [5.74, 6) is -2.70. The fourth-order valence-corrected chi connectivity index (χ4v) is 2.53. The highest BCUT2D eigenvalue weighted by Gasteiger charge is 2.31. The maximum absolute atomic E-state index is 12.7. The maximum Gasteiger partial charge on any atom is 0.416 e. The fraction of sp³-hybridized carbons (Fsp3) is 0.500. The quantitative estimate of drug-likeness (QED) is 0.812. The van der Waals surface area contributed by atoms with Crippen LogP contribution < -0.4 is 5.32 Å². The Balaban J connectivity index is 1.95. The largest absolute Gasteiger partial charge is 0.481 e. The van der Waals surface area contributed by atoms with Crippen molar-refractivity contribution >= 4 is 17.6 Å². The van der Waals surface area contributed by atoms with E-state index in [1.165, 1.54) is 12.1 Å². The number of amides is 1. The minimum Gasteiger partial charge on any atom is -0.481 e. The number of alkyl halides is 3. The predicted octanol–water partition coefficient (Wildman–Crippen LogP) is 2.07. The van der Waals surface area contributed by atoms with Gasteiger partial charge in [-0.2, -0.15) is 13.2 Å². The van der Waals surface area contributed by atoms with Gasteiger partial charge in [-0.05, 0) is 18.2 Å². The van der Waals surface area contributed by atoms with E-state index in [0.717, 1.165) is 12.1 Å². The lowest BCUT2D eigenvalue weighted by molar-refractivity contribution is -0.144. The Morgan fingerprint density at radius 3 is 2.56 bits per heavy atom. The van der Waals surface area contributed by atoms with Crippen LogP contribution in [-0.4, -0.2) is 54.7 Å². The molecule has 138 valence electrons. The molecule has 0 aliphatic carbocycles. The predicted molar refractivity (Wildman–Crippen MR) is 83.1 cm³/mol. The van der Waals surface area contributed by atoms with Gasteiger partial charge in [0.05, 0.1) is 24.7 Å². The van der Waals surface area contributed by atoms with Gasteiger partial charge in [0.15, 0.2) is 0 Å². The molecule has 1 aliphatic rings. The van der Waals surface area contributed by atoms with E-state index in [1.807, 2.05) is 4.90 Å². The first kappa shape index (κ1) is 19.2. The van der Waals surface area contributed by atoms with E-state index in [9.17, 15) is 27.9 Å². The van der Waals surface area contributed by atoms with Crippen LogP contribution in [0.5, 0.6) is 0 Å². The third-order valence-corrected chi connectivity index (χ3v) is 3.84. The molecule has 2 N–H and O–H groups in total. The lowest BCUT2D eigenvalue weighted by Crippen LogP contribution is -2.41. The highest BCUT2D eigenvalue weighted by molar-refractivity contribution is 5.93. The summed E-state index contributed by atoms with van der Waals surface area (Å²) in [6.07, 6.45) is -4.83. The summed E-state index contributed by atoms with van der Waals surface area (Å²) >= 11 is 0. The number of benzene rings is 1. The number of carboxylic acids is 1. The minimum absolute atomic E-state index is 0.0182. The first-order valence-corrected chi connectivity index (χ1v) is 7.75. The Labute approximate surface area is 142 Å². The number of carboxylic acid groups (broad SMARTS) is 1. The summed E-state index contributed by atoms with van der Waals surface area (Å²) in [4.78, 5) is 25.3. The number of carbonyl (C=O) groups excluding carboxylic acids is 1. The van der Waals surface area contributed by atoms with Crippen molar-refractivity contribution in [3.8, 4) is 0 Å². The zero-order valence-electron chi connectivity index (χ0n) is 13.4. The van der Waals surface area contributed by atoms with Crippen LogP contribution in [0.3, 0.4) is 0 Å². The van der Waals surface area contributed by atoms with Gasteiger partial charge in [0, 0.05) is 31.7 Å². The van der Waals surface area contributed by atoms with Crippen LogP contribution in [-0.2, 0) is 20.5 Å². The van der Waals surface area contributed by atoms with Crippen molar-refractivity contribution < 1.29 is 32.6 Å². The molecule has 0 bridgehead atoms. The van der Waals surface area contributed by atoms with Gasteiger partial charge in [-0.25, -0.2) is 0 Å². The van der Waals surface area contributed by atoms with Crippen LogP contribution in [0.2, 0.25) is 0 Å². The molecule has 1 aromatic rings. The monoisotopic (exact) mass is 360 g/mol. The molecule has 1 fully saturated rings. The molecular formula is C16H19F3N2O4. The van der Waals surface area contributed by atoms with E-state index in [2.05, 4.69) is 5.32 Å². The van der Waals surface area contributed by atoms with Crippen molar-refractivity contribution in [2.24, 2.45) is 5.92 Å². The third kappa shape index (κ3) is 6.02. The van der Waals surface area contributed by atoms with Crippen molar-refractivity contribution in [1.82, 2.24) is 4.90 Å². The zero-order chi connectivity index (χ0) is 18.4. The summed E-state index contributed by atoms with van der Waals surface area (Å²) in [6, 6.07) is 4.22. The minimum atomic E-state index is -4.51. The second-order valence-corrected chi connectivity index (χ2v) is 5.78. The second kappa shape index (κ2) is 8.30. The molecular weight excluding hydrogens is 341 g/mol. The molecule has 9 heteroatoms. The van der Waals surface area contributed by atoms with Crippen LogP contribution in [0.25, 0.3) is 0 Å². The Kier molecular flexibility index (Phi) is 6.38. The van der Waals surface area contributed by atoms with E-state index in [1.54, 1.807) is 0 Å². The van der Waals surface area contributed by atoms with Crippen molar-refractivity contribution in [1.29, 1.82) is 0 Å². The molecule has 1 aliphatic heterocycles. The SMILES string of the molecule is O=C(C[C@H](CN1CCOCC1)C(=O)O)Nc1cccc(C(F)(F)F)c1. The van der Waals surface area contributed by atoms with Gasteiger partial charge in [0.2, 0.25) is 5.91 Å². The van der Waals surface area contributed by atoms with Gasteiger partial charge in [-0.1, -0.05) is 6.07 Å². The average Bonchev–Trinajstić information content (AvgIpc) is 2.54. The van der Waals surface area contributed by atoms with E-state index in [4.69, 9.17) is 4.74 Å². The number of hydrogen-bond acceptors (Lipinski definition) is 4. The Bertz CT molecular complexity index is 616. The molecule has 1 amide bonds. The summed E-state index contributed by atoms with van der Waals surface area (Å²) in [5.41, 5.74) is -0.899. The van der Waals surface area contributed by atoms with Crippen LogP contribution in [0, 0.1) is 5.92 Å². The highest BCUT2D eigenvalue weighted by atomic mass is 19.4. The van der Waals surface area contributed by atoms with Crippen molar-refractivity contribution in [2.45, 2.75) is 12.6 Å². The summed E-state index contributed by atoms with van der Waals surface area (Å²) < 4.78 is 43.2. The molecule has 1 saturated heterocycles. The molecule has 1 aromatic carbocycles. The molecule has 0 saturated carbocycles. The number of rotatable bonds is 6. The smallest absolute Gasteiger partial charge is 0.416 e. The lowest BCUT2D eigenvalue weighted by atomic mass is 10.0. The van der Waals surface area contributed by atoms with Crippen LogP contribution in [0.1, 0.15) is 12.0 Å². The zero-order valence-corrected chi connectivity index (χ0v) is 13.4. The molecule has 0 radical (unpaired) electrons. The van der Waals surface area contributed by atoms with Crippen LogP contribution >= 0.6 is 0 Å². The van der Waals surface area contributed by atoms with Gasteiger partial charge < -0.3 is 15.2 Å². The van der Waals surface area contributed by atoms with Gasteiger partial charge in [0.1, 0.15) is 0 Å². The number of morpholine rings is 1. The Morgan fingerprint density at radius 1 is 1.28 bits per heavy atom. The number of nitrogens with zero attached hydrogens (tertiary/aromatic N) is 1. The molecule has 1 atom stereocenters. The molecule has 6 nitrogen and oxygen atoms in total. The normalized spacial score (nSPS) is 17.1. The first-order chi connectivity index (χ1) is 11.8. The number of nitrogens with one attached hydrogen (secondary N) is 1. The first-order valence-electron chi connectivity index (χ1n) is 7.75. The molecule has 0 aromatic heterocycles. The van der Waals surface area contributed by atoms with E-state index >= 15 is 0 Å². The van der Waals surface area contributed by atoms with Crippen LogP contribution in [0.15, 0.2) is 24.3 Å². The number of ether oxygens (including phenoxy) is 1. The van der Waals surface area contributed by atoms with Crippen molar-refractivity contribution in [2.75, 3.05) is 38.2 Å². The van der Waals surface area contributed by atoms with Gasteiger partial charge in [-0.15, -0.1) is 0 Å². The molecule has 0 unspecified atom stereocenters. The van der Waals surface area contributed by atoms with Crippen LogP contribution in [0.4, 0.5) is 18.9 Å². The van der Waals surface area contributed by atoms with E-state index in [0.29, 0.717) is 26.3 Å². The molecule has 0 spiro atoms. The Morgan fingerprint density at radius 2 is 1.96 bits per heavy atom. The second-order valence-electron chi connectivity index (χ2n) is 5.78. The maximum atomic E-state index is 12.7. The van der Waals surface area contributed by atoms with E-state index in [-0.39, 0.29) is 18.7 Å². The topological polar surface area (TPSA) is 78.9 Å². The lowest BCUT2D eigenvalue weighted by Gasteiger charge is -2.28. The molecule has 1 heterocycles. The van der Waals surface area contributed by atoms with Gasteiger partial charge in [-0.3, -0.25) is 14.5 Å². The third-order valence-electron chi connectivity index (χ3n) is 3.84. The van der Waals surface area contributed by atoms with Crippen molar-refractivity contribution in [3.05, 3.63) is 29.8 Å². The van der Waals surface area contributed by atoms with Gasteiger partial charge >= 0.3 is 12.1 Å². The van der Waals surface area contributed by atoms with Crippen molar-refractivity contribution in [3.63, 3.8) is 0 Å². The molecule has 25 heavy (non-hydrogen) atoms. The number of aliphatic carboxylic acids is 1. The fourth-order valence-electron chi connectivity index (χ4n) is 2.53. The standard InChI is InChI=1S/C16H19F3N2O4/c17-16(18,19)12-2-1-3-13(9-12)20-14(22)8-11(15(23)24)10-21-4-6-25-7-5-21/h1-3,9,11H,4-8,10H2,(H,20,22)(H,23,24)/t11-/m1/s1.